The third-order valence-corrected chi connectivity index (χ3v) is 4.70. The van der Waals surface area contributed by atoms with E-state index in [0.717, 1.165) is 0 Å². The summed E-state index contributed by atoms with van der Waals surface area (Å²) in [6.07, 6.45) is -1.14. The molecule has 1 aliphatic heterocycles. The minimum absolute atomic E-state index is 0.266. The third-order valence-electron chi connectivity index (χ3n) is 4.70. The van der Waals surface area contributed by atoms with Gasteiger partial charge < -0.3 is 24.3 Å². The van der Waals surface area contributed by atoms with E-state index in [0.29, 0.717) is 41.7 Å². The predicted octanol–water partition coefficient (Wildman–Crippen LogP) is 4.00. The average molecular weight is 419 g/mol. The van der Waals surface area contributed by atoms with E-state index in [9.17, 15) is 9.59 Å². The molecule has 0 saturated heterocycles. The number of carbonyl (C=O) groups excluding carboxylic acids is 2. The quantitative estimate of drug-likeness (QED) is 0.608. The Morgan fingerprint density at radius 1 is 0.903 bits per heavy atom. The van der Waals surface area contributed by atoms with Gasteiger partial charge in [0.2, 0.25) is 6.10 Å². The fraction of sp³-hybridized carbons (Fsp3) is 0.167. The van der Waals surface area contributed by atoms with Gasteiger partial charge in [-0.05, 0) is 42.5 Å². The minimum Gasteiger partial charge on any atom is -0.497 e. The van der Waals surface area contributed by atoms with Gasteiger partial charge in [0, 0.05) is 11.3 Å². The standard InChI is InChI=1S/C24H21NO6/c1-28-19-10-8-18(9-11-19)25-23(26)22(16-5-3-2-4-6-16)31-24(27)17-7-12-20-21(15-17)30-14-13-29-20/h2-12,15,22H,13-14H2,1H3,(H,25,26)/t22-/m1/s1. The van der Waals surface area contributed by atoms with Crippen LogP contribution in [0.4, 0.5) is 5.69 Å². The second-order valence-electron chi connectivity index (χ2n) is 6.77. The molecule has 3 aromatic rings. The van der Waals surface area contributed by atoms with Crippen LogP contribution in [0.15, 0.2) is 72.8 Å². The van der Waals surface area contributed by atoms with E-state index < -0.39 is 18.0 Å². The number of hydrogen-bond donors (Lipinski definition) is 1. The highest BCUT2D eigenvalue weighted by Crippen LogP contribution is 2.31. The highest BCUT2D eigenvalue weighted by Gasteiger charge is 2.26. The van der Waals surface area contributed by atoms with Crippen LogP contribution < -0.4 is 19.5 Å². The fourth-order valence-electron chi connectivity index (χ4n) is 3.13. The summed E-state index contributed by atoms with van der Waals surface area (Å²) in [6.45, 7) is 0.862. The number of carbonyl (C=O) groups is 2. The maximum absolute atomic E-state index is 13.0. The Bertz CT molecular complexity index is 1070. The lowest BCUT2D eigenvalue weighted by atomic mass is 10.1. The number of anilines is 1. The van der Waals surface area contributed by atoms with Crippen LogP contribution in [0.5, 0.6) is 17.2 Å². The van der Waals surface area contributed by atoms with E-state index in [2.05, 4.69) is 5.32 Å². The van der Waals surface area contributed by atoms with Crippen molar-refractivity contribution in [3.63, 3.8) is 0 Å². The zero-order chi connectivity index (χ0) is 21.6. The molecule has 0 aromatic heterocycles. The van der Waals surface area contributed by atoms with E-state index in [-0.39, 0.29) is 5.56 Å². The second kappa shape index (κ2) is 9.21. The molecule has 158 valence electrons. The number of amides is 1. The first-order chi connectivity index (χ1) is 15.1. The molecule has 0 radical (unpaired) electrons. The molecule has 1 atom stereocenters. The number of rotatable bonds is 6. The molecule has 1 heterocycles. The van der Waals surface area contributed by atoms with Crippen molar-refractivity contribution in [3.05, 3.63) is 83.9 Å². The zero-order valence-electron chi connectivity index (χ0n) is 16.9. The van der Waals surface area contributed by atoms with E-state index in [4.69, 9.17) is 18.9 Å². The number of nitrogens with one attached hydrogen (secondary N) is 1. The van der Waals surface area contributed by atoms with Crippen molar-refractivity contribution in [2.75, 3.05) is 25.6 Å². The number of fused-ring (bicyclic) bond motifs is 1. The first-order valence-corrected chi connectivity index (χ1v) is 9.74. The molecule has 0 unspecified atom stereocenters. The Labute approximate surface area is 179 Å². The van der Waals surface area contributed by atoms with Crippen molar-refractivity contribution in [1.29, 1.82) is 0 Å². The van der Waals surface area contributed by atoms with Crippen LogP contribution in [0.1, 0.15) is 22.0 Å². The molecule has 0 aliphatic carbocycles. The van der Waals surface area contributed by atoms with Crippen LogP contribution in [0.3, 0.4) is 0 Å². The number of esters is 1. The summed E-state index contributed by atoms with van der Waals surface area (Å²) < 4.78 is 21.8. The Kier molecular flexibility index (Phi) is 6.03. The van der Waals surface area contributed by atoms with Gasteiger partial charge in [-0.15, -0.1) is 0 Å². The lowest BCUT2D eigenvalue weighted by Gasteiger charge is -2.20. The topological polar surface area (TPSA) is 83.1 Å². The molecule has 4 rings (SSSR count). The molecule has 0 bridgehead atoms. The van der Waals surface area contributed by atoms with Crippen LogP contribution in [-0.2, 0) is 9.53 Å². The molecule has 7 nitrogen and oxygen atoms in total. The predicted molar refractivity (Wildman–Crippen MR) is 114 cm³/mol. The summed E-state index contributed by atoms with van der Waals surface area (Å²) in [4.78, 5) is 25.8. The van der Waals surface area contributed by atoms with Gasteiger partial charge in [-0.2, -0.15) is 0 Å². The summed E-state index contributed by atoms with van der Waals surface area (Å²) in [5.74, 6) is 0.597. The van der Waals surface area contributed by atoms with Crippen LogP contribution in [0.2, 0.25) is 0 Å². The lowest BCUT2D eigenvalue weighted by Crippen LogP contribution is -2.26. The average Bonchev–Trinajstić information content (AvgIpc) is 2.83. The maximum atomic E-state index is 13.0. The molecule has 0 fully saturated rings. The van der Waals surface area contributed by atoms with E-state index in [1.165, 1.54) is 0 Å². The van der Waals surface area contributed by atoms with E-state index >= 15 is 0 Å². The lowest BCUT2D eigenvalue weighted by molar-refractivity contribution is -0.125. The molecular weight excluding hydrogens is 398 g/mol. The Morgan fingerprint density at radius 3 is 2.32 bits per heavy atom. The molecule has 7 heteroatoms. The van der Waals surface area contributed by atoms with Crippen molar-refractivity contribution in [1.82, 2.24) is 0 Å². The number of methoxy groups -OCH3 is 1. The van der Waals surface area contributed by atoms with Crippen LogP contribution in [0.25, 0.3) is 0 Å². The first-order valence-electron chi connectivity index (χ1n) is 9.74. The zero-order valence-corrected chi connectivity index (χ0v) is 16.9. The van der Waals surface area contributed by atoms with Crippen molar-refractivity contribution < 1.29 is 28.5 Å². The van der Waals surface area contributed by atoms with Crippen molar-refractivity contribution >= 4 is 17.6 Å². The molecule has 3 aromatic carbocycles. The van der Waals surface area contributed by atoms with Gasteiger partial charge >= 0.3 is 5.97 Å². The Hall–Kier alpha value is -4.00. The summed E-state index contributed by atoms with van der Waals surface area (Å²) in [5, 5.41) is 2.78. The van der Waals surface area contributed by atoms with Gasteiger partial charge in [0.1, 0.15) is 19.0 Å². The van der Waals surface area contributed by atoms with Gasteiger partial charge in [0.25, 0.3) is 5.91 Å². The largest absolute Gasteiger partial charge is 0.497 e. The van der Waals surface area contributed by atoms with Gasteiger partial charge in [0.15, 0.2) is 11.5 Å². The summed E-state index contributed by atoms with van der Waals surface area (Å²) in [6, 6.07) is 20.5. The molecular formula is C24H21NO6. The highest BCUT2D eigenvalue weighted by molar-refractivity contribution is 5.98. The maximum Gasteiger partial charge on any atom is 0.339 e. The SMILES string of the molecule is COc1ccc(NC(=O)[C@H](OC(=O)c2ccc3c(c2)OCCO3)c2ccccc2)cc1. The van der Waals surface area contributed by atoms with Crippen LogP contribution >= 0.6 is 0 Å². The highest BCUT2D eigenvalue weighted by atomic mass is 16.6. The number of benzene rings is 3. The van der Waals surface area contributed by atoms with Crippen LogP contribution in [-0.4, -0.2) is 32.2 Å². The molecule has 31 heavy (non-hydrogen) atoms. The van der Waals surface area contributed by atoms with E-state index in [1.54, 1.807) is 73.8 Å². The van der Waals surface area contributed by atoms with Gasteiger partial charge in [-0.25, -0.2) is 4.79 Å². The van der Waals surface area contributed by atoms with Crippen LogP contribution in [0, 0.1) is 0 Å². The molecule has 0 spiro atoms. The first kappa shape index (κ1) is 20.3. The summed E-state index contributed by atoms with van der Waals surface area (Å²) in [7, 11) is 1.57. The molecule has 1 amide bonds. The van der Waals surface area contributed by atoms with Crippen molar-refractivity contribution in [3.8, 4) is 17.2 Å². The van der Waals surface area contributed by atoms with E-state index in [1.807, 2.05) is 6.07 Å². The number of hydrogen-bond acceptors (Lipinski definition) is 6. The van der Waals surface area contributed by atoms with Gasteiger partial charge in [-0.3, -0.25) is 4.79 Å². The van der Waals surface area contributed by atoms with Gasteiger partial charge in [0.05, 0.1) is 12.7 Å². The molecule has 0 saturated carbocycles. The van der Waals surface area contributed by atoms with Crippen molar-refractivity contribution in [2.24, 2.45) is 0 Å². The number of ether oxygens (including phenoxy) is 4. The summed E-state index contributed by atoms with van der Waals surface area (Å²) >= 11 is 0. The minimum atomic E-state index is -1.14. The molecule has 1 N–H and O–H groups in total. The van der Waals surface area contributed by atoms with Crippen molar-refractivity contribution in [2.45, 2.75) is 6.10 Å². The fourth-order valence-corrected chi connectivity index (χ4v) is 3.13. The third kappa shape index (κ3) is 4.78. The Balaban J connectivity index is 1.55. The smallest absolute Gasteiger partial charge is 0.339 e. The summed E-state index contributed by atoms with van der Waals surface area (Å²) in [5.41, 5.74) is 1.38. The molecule has 1 aliphatic rings. The van der Waals surface area contributed by atoms with Gasteiger partial charge in [-0.1, -0.05) is 30.3 Å². The second-order valence-corrected chi connectivity index (χ2v) is 6.77. The monoisotopic (exact) mass is 419 g/mol. The Morgan fingerprint density at radius 2 is 1.61 bits per heavy atom. The normalized spacial score (nSPS) is 13.1.